The highest BCUT2D eigenvalue weighted by Crippen LogP contribution is 2.44. The topological polar surface area (TPSA) is 61.4 Å². The molecule has 190 valence electrons. The van der Waals surface area contributed by atoms with Crippen molar-refractivity contribution in [2.45, 2.75) is 78.7 Å². The summed E-state index contributed by atoms with van der Waals surface area (Å²) >= 11 is 7.60. The van der Waals surface area contributed by atoms with Crippen LogP contribution in [0.2, 0.25) is 5.02 Å². The van der Waals surface area contributed by atoms with E-state index in [1.807, 2.05) is 0 Å². The maximum absolute atomic E-state index is 13.5. The molecule has 7 heteroatoms. The average Bonchev–Trinajstić information content (AvgIpc) is 3.17. The van der Waals surface area contributed by atoms with E-state index in [-0.39, 0.29) is 17.2 Å². The van der Waals surface area contributed by atoms with Gasteiger partial charge in [0, 0.05) is 21.6 Å². The summed E-state index contributed by atoms with van der Waals surface area (Å²) in [5.74, 6) is 0.360. The minimum Gasteiger partial charge on any atom is -0.322 e. The highest BCUT2D eigenvalue weighted by Gasteiger charge is 2.34. The van der Waals surface area contributed by atoms with E-state index in [9.17, 15) is 9.59 Å². The molecule has 2 aliphatic rings. The first-order valence-electron chi connectivity index (χ1n) is 12.9. The number of nitrogens with zero attached hydrogens (tertiary/aromatic N) is 1. The number of amides is 2. The van der Waals surface area contributed by atoms with Crippen LogP contribution < -0.4 is 10.6 Å². The first-order valence-corrected chi connectivity index (χ1v) is 14.1. The normalized spacial score (nSPS) is 20.8. The lowest BCUT2D eigenvalue weighted by atomic mass is 9.72. The second-order valence-corrected chi connectivity index (χ2v) is 12.6. The number of nitrogens with one attached hydrogen (secondary N) is 2. The van der Waals surface area contributed by atoms with Gasteiger partial charge in [-0.15, -0.1) is 11.3 Å². The SMILES string of the molecule is CC[C@H]1CCCCN1CC(=O)Nc1sc2c(c1C(=O)Nc1ccc(Cl)cc1)CC[C@H](C(C)(C)C)C2. The zero-order chi connectivity index (χ0) is 25.2. The average molecular weight is 516 g/mol. The number of piperidine rings is 1. The quantitative estimate of drug-likeness (QED) is 0.435. The van der Waals surface area contributed by atoms with Crippen LogP contribution in [0.15, 0.2) is 24.3 Å². The number of halogens is 1. The Morgan fingerprint density at radius 2 is 1.86 bits per heavy atom. The van der Waals surface area contributed by atoms with Gasteiger partial charge in [-0.1, -0.05) is 45.7 Å². The first kappa shape index (κ1) is 26.2. The second kappa shape index (κ2) is 11.0. The standard InChI is InChI=1S/C28H38ClN3O2S/c1-5-21-8-6-7-15-32(21)17-24(33)31-27-25(26(34)30-20-12-10-19(29)11-13-20)22-14-9-18(28(2,3)4)16-23(22)35-27/h10-13,18,21H,5-9,14-17H2,1-4H3,(H,30,34)(H,31,33)/t18-,21-/m0/s1. The van der Waals surface area contributed by atoms with Crippen molar-refractivity contribution < 1.29 is 9.59 Å². The number of hydrogen-bond acceptors (Lipinski definition) is 4. The smallest absolute Gasteiger partial charge is 0.258 e. The Bertz CT molecular complexity index is 1060. The predicted octanol–water partition coefficient (Wildman–Crippen LogP) is 7.01. The molecule has 2 N–H and O–H groups in total. The number of carbonyl (C=O) groups excluding carboxylic acids is 2. The molecule has 2 heterocycles. The van der Waals surface area contributed by atoms with E-state index < -0.39 is 0 Å². The van der Waals surface area contributed by atoms with E-state index in [1.54, 1.807) is 35.6 Å². The van der Waals surface area contributed by atoms with Gasteiger partial charge < -0.3 is 10.6 Å². The van der Waals surface area contributed by atoms with Gasteiger partial charge in [0.15, 0.2) is 0 Å². The molecule has 0 spiro atoms. The molecule has 0 radical (unpaired) electrons. The van der Waals surface area contributed by atoms with Crippen LogP contribution in [-0.4, -0.2) is 35.8 Å². The Labute approximate surface area is 218 Å². The van der Waals surface area contributed by atoms with Crippen molar-refractivity contribution >= 4 is 45.4 Å². The Balaban J connectivity index is 1.58. The molecular formula is C28H38ClN3O2S. The lowest BCUT2D eigenvalue weighted by molar-refractivity contribution is -0.118. The summed E-state index contributed by atoms with van der Waals surface area (Å²) in [7, 11) is 0. The summed E-state index contributed by atoms with van der Waals surface area (Å²) in [6, 6.07) is 7.59. The van der Waals surface area contributed by atoms with Crippen molar-refractivity contribution in [3.63, 3.8) is 0 Å². The summed E-state index contributed by atoms with van der Waals surface area (Å²) < 4.78 is 0. The molecule has 1 aliphatic carbocycles. The Morgan fingerprint density at radius 1 is 1.11 bits per heavy atom. The number of anilines is 2. The fourth-order valence-electron chi connectivity index (χ4n) is 5.46. The fourth-order valence-corrected chi connectivity index (χ4v) is 6.93. The van der Waals surface area contributed by atoms with Crippen LogP contribution in [0.25, 0.3) is 0 Å². The molecule has 1 aromatic heterocycles. The van der Waals surface area contributed by atoms with Crippen LogP contribution in [0.5, 0.6) is 0 Å². The molecule has 1 aliphatic heterocycles. The summed E-state index contributed by atoms with van der Waals surface area (Å²) in [5, 5.41) is 7.48. The highest BCUT2D eigenvalue weighted by atomic mass is 35.5. The van der Waals surface area contributed by atoms with Crippen LogP contribution in [-0.2, 0) is 17.6 Å². The van der Waals surface area contributed by atoms with Crippen molar-refractivity contribution in [3.05, 3.63) is 45.3 Å². The van der Waals surface area contributed by atoms with E-state index in [1.165, 1.54) is 11.3 Å². The van der Waals surface area contributed by atoms with Crippen molar-refractivity contribution in [2.24, 2.45) is 11.3 Å². The van der Waals surface area contributed by atoms with Gasteiger partial charge in [0.2, 0.25) is 5.91 Å². The minimum absolute atomic E-state index is 0.0307. The van der Waals surface area contributed by atoms with E-state index in [0.717, 1.165) is 50.6 Å². The number of benzene rings is 1. The third-order valence-corrected chi connectivity index (χ3v) is 9.06. The lowest BCUT2D eigenvalue weighted by Gasteiger charge is -2.34. The molecule has 0 bridgehead atoms. The Kier molecular flexibility index (Phi) is 8.24. The third kappa shape index (κ3) is 6.28. The van der Waals surface area contributed by atoms with Crippen LogP contribution in [0.4, 0.5) is 10.7 Å². The first-order chi connectivity index (χ1) is 16.7. The number of rotatable bonds is 6. The summed E-state index contributed by atoms with van der Waals surface area (Å²) in [4.78, 5) is 30.2. The minimum atomic E-state index is -0.168. The molecule has 35 heavy (non-hydrogen) atoms. The summed E-state index contributed by atoms with van der Waals surface area (Å²) in [6.07, 6.45) is 7.44. The largest absolute Gasteiger partial charge is 0.322 e. The van der Waals surface area contributed by atoms with Crippen molar-refractivity contribution in [3.8, 4) is 0 Å². The molecule has 1 saturated heterocycles. The number of likely N-dealkylation sites (tertiary alicyclic amines) is 1. The third-order valence-electron chi connectivity index (χ3n) is 7.64. The van der Waals surface area contributed by atoms with Gasteiger partial charge in [0.05, 0.1) is 12.1 Å². The van der Waals surface area contributed by atoms with Crippen LogP contribution in [0.1, 0.15) is 80.6 Å². The molecule has 2 atom stereocenters. The Morgan fingerprint density at radius 3 is 2.54 bits per heavy atom. The van der Waals surface area contributed by atoms with Gasteiger partial charge in [0.25, 0.3) is 5.91 Å². The molecular weight excluding hydrogens is 478 g/mol. The maximum Gasteiger partial charge on any atom is 0.258 e. The van der Waals surface area contributed by atoms with E-state index in [0.29, 0.717) is 39.8 Å². The number of fused-ring (bicyclic) bond motifs is 1. The predicted molar refractivity (Wildman–Crippen MR) is 147 cm³/mol. The fraction of sp³-hybridized carbons (Fsp3) is 0.571. The lowest BCUT2D eigenvalue weighted by Crippen LogP contribution is -2.43. The van der Waals surface area contributed by atoms with Gasteiger partial charge in [0.1, 0.15) is 5.00 Å². The molecule has 1 aromatic carbocycles. The van der Waals surface area contributed by atoms with Crippen molar-refractivity contribution in [1.29, 1.82) is 0 Å². The summed E-state index contributed by atoms with van der Waals surface area (Å²) in [5.41, 5.74) is 2.63. The van der Waals surface area contributed by atoms with E-state index in [4.69, 9.17) is 11.6 Å². The molecule has 0 unspecified atom stereocenters. The van der Waals surface area contributed by atoms with Gasteiger partial charge in [-0.25, -0.2) is 0 Å². The van der Waals surface area contributed by atoms with Gasteiger partial charge in [-0.05, 0) is 86.2 Å². The highest BCUT2D eigenvalue weighted by molar-refractivity contribution is 7.17. The molecule has 0 saturated carbocycles. The van der Waals surface area contributed by atoms with Gasteiger partial charge >= 0.3 is 0 Å². The Hall–Kier alpha value is -1.89. The maximum atomic E-state index is 13.5. The van der Waals surface area contributed by atoms with E-state index in [2.05, 4.69) is 43.2 Å². The van der Waals surface area contributed by atoms with Crippen LogP contribution in [0, 0.1) is 11.3 Å². The number of thiophene rings is 1. The monoisotopic (exact) mass is 515 g/mol. The van der Waals surface area contributed by atoms with Crippen LogP contribution in [0.3, 0.4) is 0 Å². The van der Waals surface area contributed by atoms with Crippen LogP contribution >= 0.6 is 22.9 Å². The number of hydrogen-bond donors (Lipinski definition) is 2. The second-order valence-electron chi connectivity index (χ2n) is 11.1. The zero-order valence-corrected chi connectivity index (χ0v) is 23.0. The van der Waals surface area contributed by atoms with Crippen molar-refractivity contribution in [2.75, 3.05) is 23.7 Å². The zero-order valence-electron chi connectivity index (χ0n) is 21.4. The number of carbonyl (C=O) groups is 2. The molecule has 2 amide bonds. The van der Waals surface area contributed by atoms with Gasteiger partial charge in [-0.3, -0.25) is 14.5 Å². The van der Waals surface area contributed by atoms with E-state index >= 15 is 0 Å². The molecule has 1 fully saturated rings. The summed E-state index contributed by atoms with van der Waals surface area (Å²) in [6.45, 7) is 10.4. The van der Waals surface area contributed by atoms with Gasteiger partial charge in [-0.2, -0.15) is 0 Å². The van der Waals surface area contributed by atoms with Crippen molar-refractivity contribution in [1.82, 2.24) is 4.90 Å². The molecule has 2 aromatic rings. The molecule has 5 nitrogen and oxygen atoms in total. The molecule has 4 rings (SSSR count).